The molecule has 0 aliphatic heterocycles. The van der Waals surface area contributed by atoms with Crippen LogP contribution < -0.4 is 10.6 Å². The molecule has 2 amide bonds. The average Bonchev–Trinajstić information content (AvgIpc) is 2.46. The van der Waals surface area contributed by atoms with Gasteiger partial charge >= 0.3 is 12.0 Å². The SMILES string of the molecule is CCC(C)(NC(=O)NCC1(SC)CCCCC1)C(=O)O. The van der Waals surface area contributed by atoms with Crippen molar-refractivity contribution in [3.05, 3.63) is 0 Å². The summed E-state index contributed by atoms with van der Waals surface area (Å²) >= 11 is 1.81. The van der Waals surface area contributed by atoms with Crippen LogP contribution in [0.5, 0.6) is 0 Å². The first-order chi connectivity index (χ1) is 9.37. The van der Waals surface area contributed by atoms with E-state index >= 15 is 0 Å². The summed E-state index contributed by atoms with van der Waals surface area (Å²) in [6, 6.07) is -0.393. The molecule has 6 heteroatoms. The van der Waals surface area contributed by atoms with Gasteiger partial charge in [-0.15, -0.1) is 0 Å². The van der Waals surface area contributed by atoms with Crippen molar-refractivity contribution >= 4 is 23.8 Å². The molecule has 20 heavy (non-hydrogen) atoms. The molecule has 1 saturated carbocycles. The standard InChI is InChI=1S/C14H26N2O3S/c1-4-13(2,11(17)18)16-12(19)15-10-14(20-3)8-6-5-7-9-14/h4-10H2,1-3H3,(H,17,18)(H2,15,16,19). The van der Waals surface area contributed by atoms with E-state index in [9.17, 15) is 9.59 Å². The number of carboxylic acids is 1. The molecular weight excluding hydrogens is 276 g/mol. The first-order valence-corrected chi connectivity index (χ1v) is 8.44. The Morgan fingerprint density at radius 1 is 1.30 bits per heavy atom. The van der Waals surface area contributed by atoms with E-state index in [1.807, 2.05) is 0 Å². The number of carboxylic acid groups (broad SMARTS) is 1. The van der Waals surface area contributed by atoms with Crippen LogP contribution in [0, 0.1) is 0 Å². The second kappa shape index (κ2) is 7.20. The highest BCUT2D eigenvalue weighted by molar-refractivity contribution is 8.00. The van der Waals surface area contributed by atoms with Crippen molar-refractivity contribution in [1.82, 2.24) is 10.6 Å². The topological polar surface area (TPSA) is 78.4 Å². The number of hydrogen-bond acceptors (Lipinski definition) is 3. The number of rotatable bonds is 6. The summed E-state index contributed by atoms with van der Waals surface area (Å²) in [5.74, 6) is -1.01. The maximum absolute atomic E-state index is 11.9. The van der Waals surface area contributed by atoms with E-state index in [4.69, 9.17) is 5.11 Å². The summed E-state index contributed by atoms with van der Waals surface area (Å²) in [6.07, 6.45) is 8.32. The zero-order valence-electron chi connectivity index (χ0n) is 12.6. The molecule has 3 N–H and O–H groups in total. The lowest BCUT2D eigenvalue weighted by atomic mass is 9.88. The lowest BCUT2D eigenvalue weighted by Crippen LogP contribution is -2.56. The van der Waals surface area contributed by atoms with Crippen LogP contribution in [-0.2, 0) is 4.79 Å². The molecule has 0 aromatic heterocycles. The molecule has 0 aromatic rings. The normalized spacial score (nSPS) is 20.8. The fraction of sp³-hybridized carbons (Fsp3) is 0.857. The summed E-state index contributed by atoms with van der Waals surface area (Å²) in [5.41, 5.74) is -1.21. The zero-order valence-corrected chi connectivity index (χ0v) is 13.4. The predicted molar refractivity (Wildman–Crippen MR) is 82.2 cm³/mol. The molecular formula is C14H26N2O3S. The minimum atomic E-state index is -1.21. The maximum atomic E-state index is 11.9. The number of urea groups is 1. The van der Waals surface area contributed by atoms with Gasteiger partial charge in [0.2, 0.25) is 0 Å². The fourth-order valence-electron chi connectivity index (χ4n) is 2.48. The van der Waals surface area contributed by atoms with Gasteiger partial charge in [0.1, 0.15) is 5.54 Å². The fourth-order valence-corrected chi connectivity index (χ4v) is 3.39. The molecule has 1 atom stereocenters. The first-order valence-electron chi connectivity index (χ1n) is 7.22. The van der Waals surface area contributed by atoms with Gasteiger partial charge in [-0.3, -0.25) is 0 Å². The van der Waals surface area contributed by atoms with E-state index in [2.05, 4.69) is 16.9 Å². The van der Waals surface area contributed by atoms with Gasteiger partial charge in [-0.1, -0.05) is 26.2 Å². The Labute approximate surface area is 125 Å². The average molecular weight is 302 g/mol. The van der Waals surface area contributed by atoms with Crippen LogP contribution in [0.4, 0.5) is 4.79 Å². The molecule has 116 valence electrons. The van der Waals surface area contributed by atoms with Crippen molar-refractivity contribution in [2.75, 3.05) is 12.8 Å². The molecule has 1 rings (SSSR count). The number of amides is 2. The van der Waals surface area contributed by atoms with Gasteiger partial charge in [0.25, 0.3) is 0 Å². The van der Waals surface area contributed by atoms with Gasteiger partial charge in [-0.2, -0.15) is 11.8 Å². The van der Waals surface area contributed by atoms with Gasteiger partial charge in [0.05, 0.1) is 0 Å². The van der Waals surface area contributed by atoms with Gasteiger partial charge in [-0.05, 0) is 32.4 Å². The first kappa shape index (κ1) is 17.1. The molecule has 1 aliphatic carbocycles. The van der Waals surface area contributed by atoms with Crippen LogP contribution in [0.15, 0.2) is 0 Å². The van der Waals surface area contributed by atoms with E-state index in [1.165, 1.54) is 26.2 Å². The van der Waals surface area contributed by atoms with Crippen molar-refractivity contribution in [2.45, 2.75) is 62.7 Å². The third kappa shape index (κ3) is 4.30. The Morgan fingerprint density at radius 3 is 2.35 bits per heavy atom. The van der Waals surface area contributed by atoms with Crippen LogP contribution in [0.2, 0.25) is 0 Å². The predicted octanol–water partition coefficient (Wildman–Crippen LogP) is 2.60. The van der Waals surface area contributed by atoms with Crippen molar-refractivity contribution in [3.8, 4) is 0 Å². The van der Waals surface area contributed by atoms with Gasteiger partial charge < -0.3 is 15.7 Å². The van der Waals surface area contributed by atoms with Crippen LogP contribution in [0.1, 0.15) is 52.4 Å². The van der Waals surface area contributed by atoms with Crippen LogP contribution in [-0.4, -0.2) is 40.2 Å². The minimum absolute atomic E-state index is 0.113. The number of carbonyl (C=O) groups is 2. The molecule has 1 fully saturated rings. The summed E-state index contributed by atoms with van der Waals surface area (Å²) in [5, 5.41) is 14.6. The summed E-state index contributed by atoms with van der Waals surface area (Å²) in [7, 11) is 0. The summed E-state index contributed by atoms with van der Waals surface area (Å²) in [4.78, 5) is 23.1. The second-order valence-electron chi connectivity index (χ2n) is 5.75. The highest BCUT2D eigenvalue weighted by Gasteiger charge is 2.35. The number of nitrogens with one attached hydrogen (secondary N) is 2. The third-order valence-corrected chi connectivity index (χ3v) is 5.76. The van der Waals surface area contributed by atoms with Crippen molar-refractivity contribution in [2.24, 2.45) is 0 Å². The van der Waals surface area contributed by atoms with E-state index < -0.39 is 17.5 Å². The molecule has 1 aliphatic rings. The van der Waals surface area contributed by atoms with Crippen LogP contribution in [0.25, 0.3) is 0 Å². The third-order valence-electron chi connectivity index (χ3n) is 4.34. The lowest BCUT2D eigenvalue weighted by molar-refractivity contribution is -0.143. The monoisotopic (exact) mass is 302 g/mol. The van der Waals surface area contributed by atoms with E-state index in [1.54, 1.807) is 18.7 Å². The summed E-state index contributed by atoms with van der Waals surface area (Å²) < 4.78 is 0.113. The van der Waals surface area contributed by atoms with Crippen LogP contribution in [0.3, 0.4) is 0 Å². The Kier molecular flexibility index (Phi) is 6.17. The quantitative estimate of drug-likeness (QED) is 0.704. The molecule has 0 saturated heterocycles. The summed E-state index contributed by atoms with van der Waals surface area (Å²) in [6.45, 7) is 3.87. The van der Waals surface area contributed by atoms with E-state index in [0.717, 1.165) is 12.8 Å². The van der Waals surface area contributed by atoms with Gasteiger partial charge in [0.15, 0.2) is 0 Å². The lowest BCUT2D eigenvalue weighted by Gasteiger charge is -2.36. The Balaban J connectivity index is 2.52. The van der Waals surface area contributed by atoms with Gasteiger partial charge in [0, 0.05) is 11.3 Å². The molecule has 5 nitrogen and oxygen atoms in total. The molecule has 0 radical (unpaired) electrons. The molecule has 0 heterocycles. The number of carbonyl (C=O) groups excluding carboxylic acids is 1. The highest BCUT2D eigenvalue weighted by atomic mass is 32.2. The smallest absolute Gasteiger partial charge is 0.329 e. The van der Waals surface area contributed by atoms with E-state index in [0.29, 0.717) is 13.0 Å². The second-order valence-corrected chi connectivity index (χ2v) is 7.02. The van der Waals surface area contributed by atoms with Crippen molar-refractivity contribution in [1.29, 1.82) is 0 Å². The Morgan fingerprint density at radius 2 is 1.90 bits per heavy atom. The van der Waals surface area contributed by atoms with Gasteiger partial charge in [-0.25, -0.2) is 9.59 Å². The Bertz CT molecular complexity index is 356. The van der Waals surface area contributed by atoms with Crippen molar-refractivity contribution < 1.29 is 14.7 Å². The molecule has 0 aromatic carbocycles. The molecule has 1 unspecified atom stereocenters. The maximum Gasteiger partial charge on any atom is 0.329 e. The largest absolute Gasteiger partial charge is 0.480 e. The number of aliphatic carboxylic acids is 1. The number of thioether (sulfide) groups is 1. The minimum Gasteiger partial charge on any atom is -0.480 e. The Hall–Kier alpha value is -0.910. The number of hydrogen-bond donors (Lipinski definition) is 3. The molecule has 0 spiro atoms. The van der Waals surface area contributed by atoms with Crippen LogP contribution >= 0.6 is 11.8 Å². The zero-order chi connectivity index (χ0) is 15.2. The van der Waals surface area contributed by atoms with Crippen molar-refractivity contribution in [3.63, 3.8) is 0 Å². The van der Waals surface area contributed by atoms with E-state index in [-0.39, 0.29) is 4.75 Å². The molecule has 0 bridgehead atoms. The highest BCUT2D eigenvalue weighted by Crippen LogP contribution is 2.37.